The average Bonchev–Trinajstić information content (AvgIpc) is 3.12. The summed E-state index contributed by atoms with van der Waals surface area (Å²) in [7, 11) is 1.62. The normalized spacial score (nSPS) is 10.5. The molecule has 128 valence electrons. The molecule has 0 fully saturated rings. The monoisotopic (exact) mass is 345 g/mol. The molecular weight excluding hydrogens is 330 g/mol. The van der Waals surface area contributed by atoms with Gasteiger partial charge in [0.2, 0.25) is 5.91 Å². The highest BCUT2D eigenvalue weighted by Crippen LogP contribution is 2.36. The summed E-state index contributed by atoms with van der Waals surface area (Å²) in [5, 5.41) is 3.00. The number of furan rings is 1. The summed E-state index contributed by atoms with van der Waals surface area (Å²) >= 11 is 0. The molecule has 1 heterocycles. The maximum absolute atomic E-state index is 11.4. The third kappa shape index (κ3) is 3.83. The first kappa shape index (κ1) is 17.1. The SMILES string of the molecule is COc1ccc(-c2cc(/C=C/C(=O)N=[N+]=[N-])oc2-c2ccccc2)cc1. The van der Waals surface area contributed by atoms with Crippen LogP contribution in [0.25, 0.3) is 39.0 Å². The molecule has 1 amide bonds. The summed E-state index contributed by atoms with van der Waals surface area (Å²) in [5.41, 5.74) is 11.0. The zero-order chi connectivity index (χ0) is 18.4. The van der Waals surface area contributed by atoms with Crippen molar-refractivity contribution >= 4 is 12.0 Å². The van der Waals surface area contributed by atoms with Gasteiger partial charge in [0.05, 0.1) is 7.11 Å². The van der Waals surface area contributed by atoms with Crippen molar-refractivity contribution in [3.8, 4) is 28.2 Å². The Kier molecular flexibility index (Phi) is 5.17. The van der Waals surface area contributed by atoms with E-state index < -0.39 is 5.91 Å². The van der Waals surface area contributed by atoms with Gasteiger partial charge < -0.3 is 9.15 Å². The minimum Gasteiger partial charge on any atom is -0.497 e. The number of hydrogen-bond donors (Lipinski definition) is 0. The molecule has 2 aromatic carbocycles. The molecule has 0 spiro atoms. The average molecular weight is 345 g/mol. The van der Waals surface area contributed by atoms with Crippen molar-refractivity contribution in [2.24, 2.45) is 5.11 Å². The van der Waals surface area contributed by atoms with Crippen molar-refractivity contribution < 1.29 is 13.9 Å². The zero-order valence-electron chi connectivity index (χ0n) is 14.0. The fourth-order valence-corrected chi connectivity index (χ4v) is 2.51. The summed E-state index contributed by atoms with van der Waals surface area (Å²) in [6.07, 6.45) is 2.65. The van der Waals surface area contributed by atoms with Gasteiger partial charge in [0.1, 0.15) is 17.3 Å². The number of hydrogen-bond acceptors (Lipinski definition) is 3. The van der Waals surface area contributed by atoms with Gasteiger partial charge in [-0.1, -0.05) is 42.5 Å². The zero-order valence-corrected chi connectivity index (χ0v) is 14.0. The van der Waals surface area contributed by atoms with E-state index in [0.717, 1.165) is 22.4 Å². The lowest BCUT2D eigenvalue weighted by Crippen LogP contribution is -1.83. The van der Waals surface area contributed by atoms with Gasteiger partial charge in [-0.05, 0) is 46.6 Å². The Morgan fingerprint density at radius 3 is 2.50 bits per heavy atom. The first-order chi connectivity index (χ1) is 12.7. The van der Waals surface area contributed by atoms with E-state index in [1.54, 1.807) is 7.11 Å². The third-order valence-corrected chi connectivity index (χ3v) is 3.72. The molecule has 0 radical (unpaired) electrons. The van der Waals surface area contributed by atoms with Crippen LogP contribution in [-0.2, 0) is 4.79 Å². The van der Waals surface area contributed by atoms with E-state index in [4.69, 9.17) is 14.7 Å². The molecule has 0 unspecified atom stereocenters. The van der Waals surface area contributed by atoms with Gasteiger partial charge in [0, 0.05) is 16.0 Å². The molecule has 3 rings (SSSR count). The molecule has 1 aromatic heterocycles. The minimum absolute atomic E-state index is 0.483. The van der Waals surface area contributed by atoms with E-state index >= 15 is 0 Å². The smallest absolute Gasteiger partial charge is 0.242 e. The van der Waals surface area contributed by atoms with Crippen molar-refractivity contribution in [3.05, 3.63) is 82.9 Å². The van der Waals surface area contributed by atoms with Gasteiger partial charge in [-0.15, -0.1) is 0 Å². The van der Waals surface area contributed by atoms with Crippen LogP contribution < -0.4 is 4.74 Å². The molecule has 6 nitrogen and oxygen atoms in total. The molecule has 0 aliphatic rings. The number of azide groups is 1. The van der Waals surface area contributed by atoms with Crippen LogP contribution in [0.5, 0.6) is 5.75 Å². The van der Waals surface area contributed by atoms with E-state index in [2.05, 4.69) is 10.0 Å². The predicted octanol–water partition coefficient (Wildman–Crippen LogP) is 5.47. The summed E-state index contributed by atoms with van der Waals surface area (Å²) in [6, 6.07) is 19.1. The number of methoxy groups -OCH3 is 1. The largest absolute Gasteiger partial charge is 0.497 e. The first-order valence-electron chi connectivity index (χ1n) is 7.82. The van der Waals surface area contributed by atoms with Crippen molar-refractivity contribution in [1.29, 1.82) is 0 Å². The molecule has 0 saturated carbocycles. The number of carbonyl (C=O) groups is 1. The molecular formula is C20H15N3O3. The standard InChI is InChI=1S/C20H15N3O3/c1-25-16-9-7-14(8-10-16)18-13-17(11-12-19(24)22-23-21)26-20(18)15-5-3-2-4-6-15/h2-13H,1H3/b12-11+. The van der Waals surface area contributed by atoms with Crippen molar-refractivity contribution in [1.82, 2.24) is 0 Å². The maximum atomic E-state index is 11.4. The van der Waals surface area contributed by atoms with Gasteiger partial charge in [-0.25, -0.2) is 0 Å². The van der Waals surface area contributed by atoms with E-state index in [1.165, 1.54) is 12.2 Å². The van der Waals surface area contributed by atoms with Crippen LogP contribution >= 0.6 is 0 Å². The van der Waals surface area contributed by atoms with Crippen LogP contribution in [0.3, 0.4) is 0 Å². The lowest BCUT2D eigenvalue weighted by Gasteiger charge is -2.04. The van der Waals surface area contributed by atoms with Crippen LogP contribution in [0.4, 0.5) is 0 Å². The van der Waals surface area contributed by atoms with Gasteiger partial charge in [-0.3, -0.25) is 4.79 Å². The number of nitrogens with zero attached hydrogens (tertiary/aromatic N) is 3. The molecule has 0 aliphatic heterocycles. The molecule has 0 saturated heterocycles. The van der Waals surface area contributed by atoms with Crippen LogP contribution in [0.2, 0.25) is 0 Å². The summed E-state index contributed by atoms with van der Waals surface area (Å²) in [5.74, 6) is 1.25. The highest BCUT2D eigenvalue weighted by Gasteiger charge is 2.14. The van der Waals surface area contributed by atoms with Gasteiger partial charge in [0.15, 0.2) is 0 Å². The second-order valence-electron chi connectivity index (χ2n) is 5.35. The second kappa shape index (κ2) is 7.88. The van der Waals surface area contributed by atoms with E-state index in [1.807, 2.05) is 60.7 Å². The fourth-order valence-electron chi connectivity index (χ4n) is 2.51. The maximum Gasteiger partial charge on any atom is 0.242 e. The van der Waals surface area contributed by atoms with Crippen LogP contribution in [0, 0.1) is 0 Å². The topological polar surface area (TPSA) is 88.2 Å². The highest BCUT2D eigenvalue weighted by molar-refractivity contribution is 5.92. The van der Waals surface area contributed by atoms with Gasteiger partial charge in [0.25, 0.3) is 0 Å². The minimum atomic E-state index is -0.684. The molecule has 3 aromatic rings. The van der Waals surface area contributed by atoms with Crippen molar-refractivity contribution in [2.45, 2.75) is 0 Å². The van der Waals surface area contributed by atoms with Crippen LogP contribution in [-0.4, -0.2) is 13.0 Å². The Balaban J connectivity index is 2.05. The summed E-state index contributed by atoms with van der Waals surface area (Å²) in [6.45, 7) is 0. The number of ether oxygens (including phenoxy) is 1. The van der Waals surface area contributed by atoms with E-state index in [0.29, 0.717) is 11.5 Å². The summed E-state index contributed by atoms with van der Waals surface area (Å²) in [4.78, 5) is 13.8. The Morgan fingerprint density at radius 1 is 1.12 bits per heavy atom. The van der Waals surface area contributed by atoms with Crippen LogP contribution in [0.15, 0.2) is 76.3 Å². The lowest BCUT2D eigenvalue weighted by atomic mass is 10.0. The number of carbonyl (C=O) groups excluding carboxylic acids is 1. The fraction of sp³-hybridized carbons (Fsp3) is 0.0500. The number of rotatable bonds is 5. The molecule has 0 aliphatic carbocycles. The number of benzene rings is 2. The molecule has 0 N–H and O–H groups in total. The molecule has 26 heavy (non-hydrogen) atoms. The van der Waals surface area contributed by atoms with Gasteiger partial charge >= 0.3 is 0 Å². The quantitative estimate of drug-likeness (QED) is 0.266. The van der Waals surface area contributed by atoms with Crippen molar-refractivity contribution in [2.75, 3.05) is 7.11 Å². The Labute approximate surface area is 150 Å². The Morgan fingerprint density at radius 2 is 1.85 bits per heavy atom. The third-order valence-electron chi connectivity index (χ3n) is 3.72. The van der Waals surface area contributed by atoms with E-state index in [9.17, 15) is 4.79 Å². The highest BCUT2D eigenvalue weighted by atomic mass is 16.5. The van der Waals surface area contributed by atoms with E-state index in [-0.39, 0.29) is 0 Å². The predicted molar refractivity (Wildman–Crippen MR) is 99.3 cm³/mol. The molecule has 6 heteroatoms. The second-order valence-corrected chi connectivity index (χ2v) is 5.35. The van der Waals surface area contributed by atoms with Crippen LogP contribution in [0.1, 0.15) is 5.76 Å². The molecule has 0 atom stereocenters. The Hall–Kier alpha value is -3.76. The Bertz CT molecular complexity index is 983. The summed E-state index contributed by atoms with van der Waals surface area (Å²) < 4.78 is 11.1. The first-order valence-corrected chi connectivity index (χ1v) is 7.82. The molecule has 0 bridgehead atoms. The van der Waals surface area contributed by atoms with Gasteiger partial charge in [-0.2, -0.15) is 0 Å². The lowest BCUT2D eigenvalue weighted by molar-refractivity contribution is -0.113. The number of amides is 1. The van der Waals surface area contributed by atoms with Crippen molar-refractivity contribution in [3.63, 3.8) is 0 Å².